The number of fused-ring (bicyclic) bond motifs is 6. The molecule has 0 saturated heterocycles. The van der Waals surface area contributed by atoms with Crippen LogP contribution in [0.25, 0.3) is 38.6 Å². The molecule has 0 N–H and O–H groups in total. The SMILES string of the molecule is Cc1cccc(C)c1-c1cnc2c3ccccc3c3cnccc3n12. The van der Waals surface area contributed by atoms with E-state index in [2.05, 4.69) is 71.8 Å². The van der Waals surface area contributed by atoms with Gasteiger partial charge in [-0.25, -0.2) is 4.98 Å². The van der Waals surface area contributed by atoms with Crippen molar-refractivity contribution >= 4 is 27.3 Å². The van der Waals surface area contributed by atoms with Crippen LogP contribution in [0.2, 0.25) is 0 Å². The van der Waals surface area contributed by atoms with Crippen LogP contribution in [0, 0.1) is 13.8 Å². The molecule has 0 saturated carbocycles. The second-order valence-electron chi connectivity index (χ2n) is 6.51. The molecule has 0 aliphatic heterocycles. The first-order chi connectivity index (χ1) is 12.3. The highest BCUT2D eigenvalue weighted by atomic mass is 15.0. The Hall–Kier alpha value is -3.20. The maximum absolute atomic E-state index is 4.80. The summed E-state index contributed by atoms with van der Waals surface area (Å²) in [6.07, 6.45) is 5.80. The first-order valence-electron chi connectivity index (χ1n) is 8.44. The van der Waals surface area contributed by atoms with Crippen molar-refractivity contribution in [3.63, 3.8) is 0 Å². The highest BCUT2D eigenvalue weighted by molar-refractivity contribution is 6.12. The molecule has 0 unspecified atom stereocenters. The Bertz CT molecular complexity index is 1240. The highest BCUT2D eigenvalue weighted by Gasteiger charge is 2.16. The third-order valence-corrected chi connectivity index (χ3v) is 5.00. The van der Waals surface area contributed by atoms with Gasteiger partial charge in [-0.1, -0.05) is 42.5 Å². The van der Waals surface area contributed by atoms with Crippen LogP contribution in [0.1, 0.15) is 11.1 Å². The number of hydrogen-bond acceptors (Lipinski definition) is 2. The van der Waals surface area contributed by atoms with E-state index in [1.54, 1.807) is 0 Å². The summed E-state index contributed by atoms with van der Waals surface area (Å²) in [6.45, 7) is 4.32. The smallest absolute Gasteiger partial charge is 0.145 e. The second kappa shape index (κ2) is 5.15. The molecule has 0 spiro atoms. The average Bonchev–Trinajstić information content (AvgIpc) is 3.07. The molecule has 0 fully saturated rings. The van der Waals surface area contributed by atoms with E-state index in [-0.39, 0.29) is 0 Å². The molecule has 3 aromatic heterocycles. The van der Waals surface area contributed by atoms with Crippen LogP contribution in [-0.4, -0.2) is 14.4 Å². The Morgan fingerprint density at radius 1 is 0.760 bits per heavy atom. The van der Waals surface area contributed by atoms with E-state index >= 15 is 0 Å². The summed E-state index contributed by atoms with van der Waals surface area (Å²) in [5, 5.41) is 3.49. The van der Waals surface area contributed by atoms with Gasteiger partial charge in [0.05, 0.1) is 17.4 Å². The van der Waals surface area contributed by atoms with Gasteiger partial charge in [0.15, 0.2) is 0 Å². The minimum absolute atomic E-state index is 0.993. The van der Waals surface area contributed by atoms with Gasteiger partial charge in [-0.05, 0) is 36.4 Å². The lowest BCUT2D eigenvalue weighted by Crippen LogP contribution is -1.96. The van der Waals surface area contributed by atoms with Gasteiger partial charge in [0.2, 0.25) is 0 Å². The number of pyridine rings is 2. The van der Waals surface area contributed by atoms with Crippen molar-refractivity contribution in [2.24, 2.45) is 0 Å². The standard InChI is InChI=1S/C22H17N3/c1-14-6-5-7-15(2)21(14)20-13-24-22-17-9-4-3-8-16(17)18-12-23-11-10-19(18)25(20)22/h3-13H,1-2H3. The van der Waals surface area contributed by atoms with Gasteiger partial charge in [0.1, 0.15) is 5.65 Å². The normalized spacial score (nSPS) is 11.6. The number of nitrogens with zero attached hydrogens (tertiary/aromatic N) is 3. The molecule has 3 heterocycles. The van der Waals surface area contributed by atoms with Crippen molar-refractivity contribution in [3.8, 4) is 11.3 Å². The molecule has 3 heteroatoms. The van der Waals surface area contributed by atoms with Crippen LogP contribution in [0.15, 0.2) is 67.1 Å². The molecule has 3 nitrogen and oxygen atoms in total. The minimum Gasteiger partial charge on any atom is -0.292 e. The molecule has 5 aromatic rings. The monoisotopic (exact) mass is 323 g/mol. The fourth-order valence-electron chi connectivity index (χ4n) is 3.88. The summed E-state index contributed by atoms with van der Waals surface area (Å²) < 4.78 is 2.27. The Morgan fingerprint density at radius 3 is 2.32 bits per heavy atom. The zero-order chi connectivity index (χ0) is 17.0. The van der Waals surface area contributed by atoms with Crippen LogP contribution in [0.3, 0.4) is 0 Å². The molecule has 0 atom stereocenters. The molecule has 120 valence electrons. The van der Waals surface area contributed by atoms with Gasteiger partial charge in [-0.3, -0.25) is 9.38 Å². The average molecular weight is 323 g/mol. The first kappa shape index (κ1) is 14.2. The van der Waals surface area contributed by atoms with Crippen LogP contribution in [-0.2, 0) is 0 Å². The molecule has 0 aliphatic rings. The highest BCUT2D eigenvalue weighted by Crippen LogP contribution is 2.34. The maximum atomic E-state index is 4.80. The summed E-state index contributed by atoms with van der Waals surface area (Å²) in [5.41, 5.74) is 7.04. The molecular formula is C22H17N3. The summed E-state index contributed by atoms with van der Waals surface area (Å²) in [6, 6.07) is 16.9. The molecular weight excluding hydrogens is 306 g/mol. The van der Waals surface area contributed by atoms with Gasteiger partial charge in [-0.15, -0.1) is 0 Å². The van der Waals surface area contributed by atoms with Gasteiger partial charge in [0, 0.05) is 28.7 Å². The fraction of sp³-hybridized carbons (Fsp3) is 0.0909. The Labute approximate surface area is 145 Å². The summed E-state index contributed by atoms with van der Waals surface area (Å²) in [5.74, 6) is 0. The Kier molecular flexibility index (Phi) is 2.92. The zero-order valence-electron chi connectivity index (χ0n) is 14.2. The first-order valence-corrected chi connectivity index (χ1v) is 8.44. The van der Waals surface area contributed by atoms with E-state index in [1.165, 1.54) is 22.1 Å². The van der Waals surface area contributed by atoms with Crippen molar-refractivity contribution in [2.45, 2.75) is 13.8 Å². The summed E-state index contributed by atoms with van der Waals surface area (Å²) >= 11 is 0. The van der Waals surface area contributed by atoms with Crippen molar-refractivity contribution < 1.29 is 0 Å². The van der Waals surface area contributed by atoms with E-state index in [0.717, 1.165) is 27.6 Å². The lowest BCUT2D eigenvalue weighted by atomic mass is 10.00. The second-order valence-corrected chi connectivity index (χ2v) is 6.51. The Balaban J connectivity index is 2.05. The van der Waals surface area contributed by atoms with Gasteiger partial charge in [-0.2, -0.15) is 0 Å². The number of benzene rings is 2. The van der Waals surface area contributed by atoms with Crippen molar-refractivity contribution in [1.29, 1.82) is 0 Å². The van der Waals surface area contributed by atoms with E-state index < -0.39 is 0 Å². The van der Waals surface area contributed by atoms with E-state index in [9.17, 15) is 0 Å². The molecule has 0 aliphatic carbocycles. The van der Waals surface area contributed by atoms with Crippen LogP contribution >= 0.6 is 0 Å². The fourth-order valence-corrected chi connectivity index (χ4v) is 3.88. The number of imidazole rings is 1. The Morgan fingerprint density at radius 2 is 1.52 bits per heavy atom. The van der Waals surface area contributed by atoms with Gasteiger partial charge in [0.25, 0.3) is 0 Å². The summed E-state index contributed by atoms with van der Waals surface area (Å²) in [7, 11) is 0. The third-order valence-electron chi connectivity index (χ3n) is 5.00. The van der Waals surface area contributed by atoms with E-state index in [4.69, 9.17) is 4.98 Å². The van der Waals surface area contributed by atoms with Crippen LogP contribution in [0.4, 0.5) is 0 Å². The van der Waals surface area contributed by atoms with Crippen LogP contribution in [0.5, 0.6) is 0 Å². The largest absolute Gasteiger partial charge is 0.292 e. The van der Waals surface area contributed by atoms with Crippen molar-refractivity contribution in [2.75, 3.05) is 0 Å². The number of rotatable bonds is 1. The summed E-state index contributed by atoms with van der Waals surface area (Å²) in [4.78, 5) is 9.16. The minimum atomic E-state index is 0.993. The lowest BCUT2D eigenvalue weighted by Gasteiger charge is -2.13. The van der Waals surface area contributed by atoms with E-state index in [1.807, 2.05) is 18.6 Å². The quantitative estimate of drug-likeness (QED) is 0.391. The van der Waals surface area contributed by atoms with Crippen LogP contribution < -0.4 is 0 Å². The lowest BCUT2D eigenvalue weighted by molar-refractivity contribution is 1.23. The zero-order valence-corrected chi connectivity index (χ0v) is 14.2. The molecule has 0 radical (unpaired) electrons. The van der Waals surface area contributed by atoms with Gasteiger partial charge >= 0.3 is 0 Å². The molecule has 0 bridgehead atoms. The van der Waals surface area contributed by atoms with Crippen molar-refractivity contribution in [3.05, 3.63) is 78.2 Å². The number of hydrogen-bond donors (Lipinski definition) is 0. The maximum Gasteiger partial charge on any atom is 0.145 e. The van der Waals surface area contributed by atoms with Gasteiger partial charge < -0.3 is 0 Å². The molecule has 25 heavy (non-hydrogen) atoms. The molecule has 0 amide bonds. The van der Waals surface area contributed by atoms with E-state index in [0.29, 0.717) is 0 Å². The predicted octanol–water partition coefficient (Wildman–Crippen LogP) is 5.32. The molecule has 2 aromatic carbocycles. The number of aromatic nitrogens is 3. The molecule has 5 rings (SSSR count). The topological polar surface area (TPSA) is 30.2 Å². The van der Waals surface area contributed by atoms with Crippen molar-refractivity contribution in [1.82, 2.24) is 14.4 Å². The number of aryl methyl sites for hydroxylation is 2. The third kappa shape index (κ3) is 1.92. The predicted molar refractivity (Wildman–Crippen MR) is 103 cm³/mol.